The van der Waals surface area contributed by atoms with Crippen LogP contribution in [0.5, 0.6) is 5.75 Å². The fraction of sp³-hybridized carbons (Fsp3) is 0.263. The SMILES string of the molecule is Cc1nn(C)cc1C(C)NC(=O)c1ccc(COc2c(F)c(F)c(F)c(F)c2F)o1. The van der Waals surface area contributed by atoms with E-state index < -0.39 is 47.3 Å². The van der Waals surface area contributed by atoms with Gasteiger partial charge in [-0.2, -0.15) is 13.9 Å². The topological polar surface area (TPSA) is 69.3 Å². The van der Waals surface area contributed by atoms with Crippen molar-refractivity contribution < 1.29 is 35.9 Å². The van der Waals surface area contributed by atoms with Crippen molar-refractivity contribution >= 4 is 5.91 Å². The Hall–Kier alpha value is -3.37. The molecule has 0 saturated heterocycles. The highest BCUT2D eigenvalue weighted by molar-refractivity contribution is 5.91. The summed E-state index contributed by atoms with van der Waals surface area (Å²) in [5.41, 5.74) is 1.54. The Morgan fingerprint density at radius 3 is 2.30 bits per heavy atom. The van der Waals surface area contributed by atoms with Crippen LogP contribution in [0.25, 0.3) is 0 Å². The molecule has 1 atom stereocenters. The molecule has 6 nitrogen and oxygen atoms in total. The van der Waals surface area contributed by atoms with E-state index in [0.29, 0.717) is 0 Å². The highest BCUT2D eigenvalue weighted by atomic mass is 19.2. The summed E-state index contributed by atoms with van der Waals surface area (Å²) in [5, 5.41) is 6.89. The summed E-state index contributed by atoms with van der Waals surface area (Å²) in [6.45, 7) is 2.88. The van der Waals surface area contributed by atoms with Gasteiger partial charge in [0.15, 0.2) is 11.5 Å². The van der Waals surface area contributed by atoms with Gasteiger partial charge in [-0.15, -0.1) is 0 Å². The summed E-state index contributed by atoms with van der Waals surface area (Å²) in [6.07, 6.45) is 1.76. The van der Waals surface area contributed by atoms with Gasteiger partial charge < -0.3 is 14.5 Å². The van der Waals surface area contributed by atoms with Gasteiger partial charge in [-0.1, -0.05) is 0 Å². The number of hydrogen-bond donors (Lipinski definition) is 1. The molecule has 0 aliphatic carbocycles. The first-order valence-corrected chi connectivity index (χ1v) is 8.64. The second-order valence-corrected chi connectivity index (χ2v) is 6.49. The number of benzene rings is 1. The number of rotatable bonds is 6. The Morgan fingerprint density at radius 2 is 1.73 bits per heavy atom. The van der Waals surface area contributed by atoms with Crippen LogP contribution in [0.4, 0.5) is 22.0 Å². The molecule has 2 heterocycles. The molecule has 1 amide bonds. The second kappa shape index (κ2) is 8.17. The van der Waals surface area contributed by atoms with Crippen LogP contribution in [0.15, 0.2) is 22.7 Å². The van der Waals surface area contributed by atoms with Gasteiger partial charge >= 0.3 is 0 Å². The molecule has 1 aromatic carbocycles. The maximum atomic E-state index is 13.6. The number of nitrogens with zero attached hydrogens (tertiary/aromatic N) is 2. The number of ether oxygens (including phenoxy) is 1. The van der Waals surface area contributed by atoms with E-state index in [2.05, 4.69) is 10.4 Å². The molecule has 0 aliphatic heterocycles. The quantitative estimate of drug-likeness (QED) is 0.364. The molecule has 30 heavy (non-hydrogen) atoms. The summed E-state index contributed by atoms with van der Waals surface area (Å²) >= 11 is 0. The van der Waals surface area contributed by atoms with Crippen LogP contribution < -0.4 is 10.1 Å². The number of aromatic nitrogens is 2. The van der Waals surface area contributed by atoms with Gasteiger partial charge in [0.05, 0.1) is 11.7 Å². The smallest absolute Gasteiger partial charge is 0.287 e. The average molecular weight is 429 g/mol. The fourth-order valence-corrected chi connectivity index (χ4v) is 2.82. The second-order valence-electron chi connectivity index (χ2n) is 6.49. The van der Waals surface area contributed by atoms with E-state index in [0.717, 1.165) is 11.3 Å². The molecule has 2 aromatic heterocycles. The summed E-state index contributed by atoms with van der Waals surface area (Å²) in [5.74, 6) is -12.9. The van der Waals surface area contributed by atoms with E-state index in [1.54, 1.807) is 31.8 Å². The van der Waals surface area contributed by atoms with E-state index in [-0.39, 0.29) is 17.6 Å². The van der Waals surface area contributed by atoms with Crippen LogP contribution in [0.3, 0.4) is 0 Å². The lowest BCUT2D eigenvalue weighted by Gasteiger charge is -2.12. The van der Waals surface area contributed by atoms with Crippen molar-refractivity contribution in [2.75, 3.05) is 0 Å². The van der Waals surface area contributed by atoms with E-state index in [1.807, 2.05) is 0 Å². The molecule has 0 saturated carbocycles. The first-order valence-electron chi connectivity index (χ1n) is 8.64. The van der Waals surface area contributed by atoms with Crippen molar-refractivity contribution in [3.8, 4) is 5.75 Å². The van der Waals surface area contributed by atoms with Gasteiger partial charge in [-0.05, 0) is 26.0 Å². The van der Waals surface area contributed by atoms with E-state index in [1.165, 1.54) is 12.1 Å². The van der Waals surface area contributed by atoms with Crippen LogP contribution in [0, 0.1) is 36.0 Å². The van der Waals surface area contributed by atoms with Crippen LogP contribution in [0.1, 0.15) is 40.5 Å². The molecule has 11 heteroatoms. The Kier molecular flexibility index (Phi) is 5.81. The molecule has 0 bridgehead atoms. The van der Waals surface area contributed by atoms with Crippen molar-refractivity contribution in [3.05, 3.63) is 70.2 Å². The van der Waals surface area contributed by atoms with Crippen LogP contribution >= 0.6 is 0 Å². The van der Waals surface area contributed by atoms with E-state index in [4.69, 9.17) is 9.15 Å². The van der Waals surface area contributed by atoms with Crippen LogP contribution in [-0.4, -0.2) is 15.7 Å². The lowest BCUT2D eigenvalue weighted by atomic mass is 10.1. The zero-order chi connectivity index (χ0) is 22.2. The average Bonchev–Trinajstić information content (AvgIpc) is 3.30. The fourth-order valence-electron chi connectivity index (χ4n) is 2.82. The van der Waals surface area contributed by atoms with Gasteiger partial charge in [-0.3, -0.25) is 9.48 Å². The number of amides is 1. The molecular weight excluding hydrogens is 413 g/mol. The number of carbonyl (C=O) groups is 1. The molecule has 3 aromatic rings. The molecule has 1 N–H and O–H groups in total. The Labute approximate surface area is 167 Å². The summed E-state index contributed by atoms with van der Waals surface area (Å²) < 4.78 is 78.3. The predicted octanol–water partition coefficient (Wildman–Crippen LogP) is 4.09. The Bertz CT molecular complexity index is 1080. The number of hydrogen-bond acceptors (Lipinski definition) is 4. The highest BCUT2D eigenvalue weighted by Gasteiger charge is 2.27. The summed E-state index contributed by atoms with van der Waals surface area (Å²) in [7, 11) is 1.74. The number of halogens is 5. The van der Waals surface area contributed by atoms with Crippen molar-refractivity contribution in [3.63, 3.8) is 0 Å². The molecule has 0 radical (unpaired) electrons. The van der Waals surface area contributed by atoms with Crippen molar-refractivity contribution in [2.45, 2.75) is 26.5 Å². The molecule has 0 spiro atoms. The lowest BCUT2D eigenvalue weighted by molar-refractivity contribution is 0.0907. The normalized spacial score (nSPS) is 12.1. The highest BCUT2D eigenvalue weighted by Crippen LogP contribution is 2.30. The maximum Gasteiger partial charge on any atom is 0.287 e. The maximum absolute atomic E-state index is 13.6. The zero-order valence-electron chi connectivity index (χ0n) is 16.0. The van der Waals surface area contributed by atoms with Crippen molar-refractivity contribution in [1.82, 2.24) is 15.1 Å². The Balaban J connectivity index is 1.69. The monoisotopic (exact) mass is 429 g/mol. The molecule has 1 unspecified atom stereocenters. The zero-order valence-corrected chi connectivity index (χ0v) is 16.0. The number of carbonyl (C=O) groups excluding carboxylic acids is 1. The van der Waals surface area contributed by atoms with Gasteiger partial charge in [0.25, 0.3) is 5.91 Å². The first kappa shape index (κ1) is 21.3. The predicted molar refractivity (Wildman–Crippen MR) is 93.1 cm³/mol. The minimum Gasteiger partial charge on any atom is -0.479 e. The third kappa shape index (κ3) is 4.00. The first-order chi connectivity index (χ1) is 14.1. The van der Waals surface area contributed by atoms with Gasteiger partial charge in [0.2, 0.25) is 29.1 Å². The van der Waals surface area contributed by atoms with Crippen LogP contribution in [0.2, 0.25) is 0 Å². The standard InChI is InChI=1S/C19H16F5N3O3/c1-8(11-6-27(3)26-9(11)2)25-19(28)12-5-4-10(30-12)7-29-18-16(23)14(21)13(20)15(22)17(18)24/h4-6,8H,7H2,1-3H3,(H,25,28). The van der Waals surface area contributed by atoms with Crippen molar-refractivity contribution in [1.29, 1.82) is 0 Å². The van der Waals surface area contributed by atoms with Crippen LogP contribution in [-0.2, 0) is 13.7 Å². The van der Waals surface area contributed by atoms with Gasteiger partial charge in [-0.25, -0.2) is 13.2 Å². The van der Waals surface area contributed by atoms with Gasteiger partial charge in [0, 0.05) is 18.8 Å². The summed E-state index contributed by atoms with van der Waals surface area (Å²) in [6, 6.07) is 2.18. The van der Waals surface area contributed by atoms with Gasteiger partial charge in [0.1, 0.15) is 12.4 Å². The molecule has 0 fully saturated rings. The number of furan rings is 1. The lowest BCUT2D eigenvalue weighted by Crippen LogP contribution is -2.26. The third-order valence-electron chi connectivity index (χ3n) is 4.28. The Morgan fingerprint density at radius 1 is 1.13 bits per heavy atom. The largest absolute Gasteiger partial charge is 0.479 e. The summed E-state index contributed by atoms with van der Waals surface area (Å²) in [4.78, 5) is 12.3. The minimum atomic E-state index is -2.28. The molecular formula is C19H16F5N3O3. The van der Waals surface area contributed by atoms with E-state index in [9.17, 15) is 26.7 Å². The molecule has 160 valence electrons. The molecule has 3 rings (SSSR count). The molecule has 0 aliphatic rings. The minimum absolute atomic E-state index is 0.0608. The number of aryl methyl sites for hydroxylation is 2. The third-order valence-corrected chi connectivity index (χ3v) is 4.28. The van der Waals surface area contributed by atoms with Crippen molar-refractivity contribution in [2.24, 2.45) is 7.05 Å². The number of nitrogens with one attached hydrogen (secondary N) is 1. The van der Waals surface area contributed by atoms with E-state index >= 15 is 0 Å².